The van der Waals surface area contributed by atoms with Gasteiger partial charge in [0, 0.05) is 75.6 Å². The number of nitrogens with one attached hydrogen (secondary N) is 2. The molecule has 0 aliphatic carbocycles. The molecule has 0 bridgehead atoms. The van der Waals surface area contributed by atoms with Crippen LogP contribution in [0.1, 0.15) is 65.5 Å². The third-order valence-corrected chi connectivity index (χ3v) is 16.2. The van der Waals surface area contributed by atoms with Crippen molar-refractivity contribution in [2.75, 3.05) is 69.6 Å². The molecule has 10 rings (SSSR count). The SMILES string of the molecule is COC(=O)[C@H](Cc1ccc(-n2c(=O)c3c(n(C)c2=O)CCOC3)cc1)NC(=O)c1c(C)cc(N2CCOC[C@@H]2C(F)(F)F)cc1F.Cc1cc(N2CCOC[C@@H]2C(F)(F)F)cc(F)c1C(=O)N[C@@H](Cc1ccc(-n2c(=O)c3c(n(C)c2=O)CCOC3)cc1)C(=O)O. The van der Waals surface area contributed by atoms with Crippen LogP contribution in [0.2, 0.25) is 0 Å². The maximum atomic E-state index is 15.3. The first-order valence-electron chi connectivity index (χ1n) is 28.5. The maximum Gasteiger partial charge on any atom is 0.411 e. The van der Waals surface area contributed by atoms with Crippen LogP contribution in [0.4, 0.5) is 46.5 Å². The van der Waals surface area contributed by atoms with Crippen LogP contribution in [0, 0.1) is 25.5 Å². The fourth-order valence-corrected chi connectivity index (χ4v) is 11.5. The second-order valence-electron chi connectivity index (χ2n) is 22.0. The molecular weight excluding hydrogens is 1220 g/mol. The summed E-state index contributed by atoms with van der Waals surface area (Å²) in [7, 11) is 4.27. The number of benzene rings is 4. The van der Waals surface area contributed by atoms with Crippen molar-refractivity contribution in [3.63, 3.8) is 0 Å². The van der Waals surface area contributed by atoms with Crippen molar-refractivity contribution < 1.29 is 83.1 Å². The quantitative estimate of drug-likeness (QED) is 0.0996. The standard InChI is InChI=1S/C31H32F4N4O7.C30H30F4N4O7/c1-17-12-20(38-9-11-46-16-25(38)31(33,34)35)14-22(32)26(17)27(40)36-23(29(42)44-3)13-18-4-6-19(7-5-18)39-28(41)21-15-45-10-8-24(21)37(2)30(39)43;1-16-11-19(37-8-10-45-15-24(37)30(32,33)34)13-21(31)25(16)26(39)35-22(28(41)42)12-17-3-5-18(6-4-17)38-27(40)20-14-44-9-7-23(20)36(2)29(38)43/h4-7,12,14,23,25H,8-11,13,15-16H2,1-3H3,(H,36,40);3-6,11,13,22,24H,7-10,12,14-15H2,1-2H3,(H,35,39)(H,41,42)/t23-,25+;22-,24+/m00/s1. The summed E-state index contributed by atoms with van der Waals surface area (Å²) in [6.07, 6.45) is -8.70. The van der Waals surface area contributed by atoms with Gasteiger partial charge < -0.3 is 49.2 Å². The Balaban J connectivity index is 0.000000215. The van der Waals surface area contributed by atoms with E-state index in [0.29, 0.717) is 59.7 Å². The first-order valence-corrected chi connectivity index (χ1v) is 28.5. The summed E-state index contributed by atoms with van der Waals surface area (Å²) in [6.45, 7) is 2.23. The maximum absolute atomic E-state index is 15.3. The minimum atomic E-state index is -4.63. The number of aromatic nitrogens is 4. The Bertz CT molecular complexity index is 3990. The smallest absolute Gasteiger partial charge is 0.411 e. The fourth-order valence-electron chi connectivity index (χ4n) is 11.5. The summed E-state index contributed by atoms with van der Waals surface area (Å²) in [5.41, 5.74) is 0.429. The van der Waals surface area contributed by atoms with Gasteiger partial charge in [0.25, 0.3) is 22.9 Å². The molecule has 6 aromatic rings. The third-order valence-electron chi connectivity index (χ3n) is 16.2. The number of fused-ring (bicyclic) bond motifs is 2. The van der Waals surface area contributed by atoms with Crippen LogP contribution in [0.3, 0.4) is 0 Å². The Hall–Kier alpha value is -9.00. The number of ether oxygens (including phenoxy) is 5. The Morgan fingerprint density at radius 2 is 0.967 bits per heavy atom. The molecule has 6 heterocycles. The van der Waals surface area contributed by atoms with Crippen LogP contribution in [-0.2, 0) is 86.3 Å². The van der Waals surface area contributed by atoms with E-state index < -0.39 is 119 Å². The first-order chi connectivity index (χ1) is 43.1. The summed E-state index contributed by atoms with van der Waals surface area (Å²) in [5, 5.41) is 14.6. The summed E-state index contributed by atoms with van der Waals surface area (Å²) < 4.78 is 142. The van der Waals surface area contributed by atoms with Gasteiger partial charge in [0.2, 0.25) is 0 Å². The van der Waals surface area contributed by atoms with Gasteiger partial charge in [-0.1, -0.05) is 24.3 Å². The van der Waals surface area contributed by atoms with Gasteiger partial charge in [0.1, 0.15) is 35.8 Å². The number of carboxylic acids is 1. The number of rotatable bonds is 14. The molecule has 0 unspecified atom stereocenters. The number of amides is 2. The molecule has 0 radical (unpaired) electrons. The molecule has 91 heavy (non-hydrogen) atoms. The zero-order chi connectivity index (χ0) is 66.0. The van der Waals surface area contributed by atoms with E-state index in [1.165, 1.54) is 71.5 Å². The molecule has 22 nitrogen and oxygen atoms in total. The summed E-state index contributed by atoms with van der Waals surface area (Å²) in [6, 6.07) is 9.58. The Morgan fingerprint density at radius 1 is 0.582 bits per heavy atom. The summed E-state index contributed by atoms with van der Waals surface area (Å²) in [5.74, 6) is -6.42. The Labute approximate surface area is 512 Å². The number of aryl methyl sites for hydroxylation is 2. The average Bonchev–Trinajstić information content (AvgIpc) is 0.804. The van der Waals surface area contributed by atoms with Gasteiger partial charge >= 0.3 is 35.7 Å². The minimum absolute atomic E-state index is 0.00637. The van der Waals surface area contributed by atoms with Gasteiger partial charge in [0.15, 0.2) is 0 Å². The molecule has 30 heteroatoms. The molecule has 2 fully saturated rings. The van der Waals surface area contributed by atoms with Crippen LogP contribution in [0.5, 0.6) is 0 Å². The highest BCUT2D eigenvalue weighted by Gasteiger charge is 2.47. The fraction of sp³-hybridized carbons (Fsp3) is 0.410. The van der Waals surface area contributed by atoms with Gasteiger partial charge in [-0.05, 0) is 84.6 Å². The number of morpholine rings is 2. The number of carbonyl (C=O) groups excluding carboxylic acids is 3. The van der Waals surface area contributed by atoms with Crippen LogP contribution < -0.4 is 42.9 Å². The van der Waals surface area contributed by atoms with Crippen molar-refractivity contribution in [1.29, 1.82) is 0 Å². The Morgan fingerprint density at radius 3 is 1.33 bits per heavy atom. The zero-order valence-corrected chi connectivity index (χ0v) is 49.6. The topological polar surface area (TPSA) is 253 Å². The highest BCUT2D eigenvalue weighted by molar-refractivity contribution is 5.99. The normalized spacial score (nSPS) is 17.4. The predicted octanol–water partition coefficient (Wildman–Crippen LogP) is 4.59. The molecule has 2 amide bonds. The molecule has 4 aliphatic heterocycles. The van der Waals surface area contributed by atoms with Crippen LogP contribution in [0.15, 0.2) is 92.0 Å². The van der Waals surface area contributed by atoms with Gasteiger partial charge in [0.05, 0.1) is 93.6 Å². The number of carboxylic acid groups (broad SMARTS) is 1. The summed E-state index contributed by atoms with van der Waals surface area (Å²) in [4.78, 5) is 105. The van der Waals surface area contributed by atoms with Crippen molar-refractivity contribution in [3.05, 3.63) is 182 Å². The van der Waals surface area contributed by atoms with E-state index in [9.17, 15) is 69.8 Å². The van der Waals surface area contributed by atoms with Crippen molar-refractivity contribution >= 4 is 35.1 Å². The number of anilines is 2. The molecule has 0 spiro atoms. The number of aliphatic carboxylic acids is 1. The van der Waals surface area contributed by atoms with E-state index in [4.69, 9.17) is 23.7 Å². The number of hydrogen-bond donors (Lipinski definition) is 3. The highest BCUT2D eigenvalue weighted by Crippen LogP contribution is 2.35. The van der Waals surface area contributed by atoms with Crippen molar-refractivity contribution in [2.45, 2.75) is 89.3 Å². The van der Waals surface area contributed by atoms with Gasteiger partial charge in [-0.15, -0.1) is 0 Å². The number of methoxy groups -OCH3 is 1. The number of alkyl halides is 6. The van der Waals surface area contributed by atoms with E-state index >= 15 is 8.78 Å². The lowest BCUT2D eigenvalue weighted by Gasteiger charge is -2.38. The monoisotopic (exact) mass is 1280 g/mol. The lowest BCUT2D eigenvalue weighted by atomic mass is 10.0. The molecule has 0 saturated carbocycles. The second kappa shape index (κ2) is 27.2. The number of carbonyl (C=O) groups is 4. The molecular formula is C61H62F8N8O14. The number of esters is 1. The minimum Gasteiger partial charge on any atom is -0.480 e. The Kier molecular flexibility index (Phi) is 19.9. The van der Waals surface area contributed by atoms with E-state index in [1.54, 1.807) is 26.2 Å². The molecule has 2 aromatic heterocycles. The lowest BCUT2D eigenvalue weighted by molar-refractivity contribution is -0.167. The molecule has 4 atom stereocenters. The third kappa shape index (κ3) is 14.2. The largest absolute Gasteiger partial charge is 0.480 e. The van der Waals surface area contributed by atoms with Crippen molar-refractivity contribution in [1.82, 2.24) is 28.9 Å². The van der Waals surface area contributed by atoms with E-state index in [-0.39, 0.29) is 86.2 Å². The molecule has 4 aliphatic rings. The van der Waals surface area contributed by atoms with Crippen molar-refractivity contribution in [2.24, 2.45) is 14.1 Å². The lowest BCUT2D eigenvalue weighted by Crippen LogP contribution is -2.53. The zero-order valence-electron chi connectivity index (χ0n) is 49.6. The van der Waals surface area contributed by atoms with Gasteiger partial charge in [-0.3, -0.25) is 28.3 Å². The highest BCUT2D eigenvalue weighted by atomic mass is 19.4. The van der Waals surface area contributed by atoms with Gasteiger partial charge in [-0.2, -0.15) is 26.3 Å². The number of halogens is 8. The number of hydrogen-bond acceptors (Lipinski definition) is 15. The number of nitrogens with zero attached hydrogens (tertiary/aromatic N) is 6. The molecule has 3 N–H and O–H groups in total. The molecule has 486 valence electrons. The van der Waals surface area contributed by atoms with Crippen LogP contribution in [0.25, 0.3) is 11.4 Å². The second-order valence-corrected chi connectivity index (χ2v) is 22.0. The van der Waals surface area contributed by atoms with Crippen LogP contribution >= 0.6 is 0 Å². The average molecular weight is 1280 g/mol. The van der Waals surface area contributed by atoms with Crippen molar-refractivity contribution in [3.8, 4) is 11.4 Å². The van der Waals surface area contributed by atoms with E-state index in [0.717, 1.165) is 38.2 Å². The predicted molar refractivity (Wildman–Crippen MR) is 309 cm³/mol. The molecule has 4 aromatic carbocycles. The van der Waals surface area contributed by atoms with Gasteiger partial charge in [-0.25, -0.2) is 37.1 Å². The summed E-state index contributed by atoms with van der Waals surface area (Å²) >= 11 is 0. The first kappa shape index (κ1) is 66.4. The van der Waals surface area contributed by atoms with E-state index in [2.05, 4.69) is 10.6 Å². The molecule has 2 saturated heterocycles. The van der Waals surface area contributed by atoms with Crippen LogP contribution in [-0.4, -0.2) is 143 Å². The van der Waals surface area contributed by atoms with E-state index in [1.807, 2.05) is 0 Å².